The molecule has 0 unspecified atom stereocenters. The maximum Gasteiger partial charge on any atom is 0.325 e. The number of hydrogen-bond donors (Lipinski definition) is 19. The average molecular weight is 1600 g/mol. The Hall–Kier alpha value is -11.2. The van der Waals surface area contributed by atoms with Crippen molar-refractivity contribution < 1.29 is 97.5 Å². The molecule has 608 valence electrons. The summed E-state index contributed by atoms with van der Waals surface area (Å²) in [5, 5.41) is 108. The summed E-state index contributed by atoms with van der Waals surface area (Å²) in [5.41, 5.74) is -1.35. The van der Waals surface area contributed by atoms with Gasteiger partial charge in [-0.15, -0.1) is 0 Å². The SMILES string of the molecule is CNCCOc1cc(NC(=O)NC(=O)C[C@@H]2NC(=O)[C@H](NC(=O)[C@@H](CC(C)C)NC)[C@H](O)c3ccc(c(C)c3)Oc3cc4cc(c3O)Oc3ccc(cc3Cl)[C@@H](O)[C@@H]3NC(=O)[C@H](NC(=O)[C@@H]4NC2=O)c2ccc(O)c(c2)-c2c(O)cc(O)cc2[C@@H](C(=O)NC2C4CC5CC(C4)CC2C5)NC3=O)cc(OCCNC)c1OCCNC. The molecular formula is C80H96ClN13O20. The zero-order chi connectivity index (χ0) is 81.5. The van der Waals surface area contributed by atoms with E-state index in [1.807, 2.05) is 13.8 Å². The predicted octanol–water partition coefficient (Wildman–Crippen LogP) is 4.56. The number of halogens is 1. The summed E-state index contributed by atoms with van der Waals surface area (Å²) < 4.78 is 31.1. The number of rotatable bonds is 22. The number of aliphatic hydroxyl groups is 2. The Morgan fingerprint density at radius 3 is 1.79 bits per heavy atom. The molecule has 0 spiro atoms. The first-order valence-corrected chi connectivity index (χ1v) is 38.3. The van der Waals surface area contributed by atoms with Crippen LogP contribution in [0.5, 0.6) is 63.2 Å². The molecule has 0 aromatic heterocycles. The van der Waals surface area contributed by atoms with Crippen LogP contribution in [0.25, 0.3) is 11.1 Å². The van der Waals surface area contributed by atoms with Gasteiger partial charge in [-0.25, -0.2) is 4.79 Å². The van der Waals surface area contributed by atoms with Crippen LogP contribution in [0.3, 0.4) is 0 Å². The lowest BCUT2D eigenvalue weighted by molar-refractivity contribution is -0.138. The summed E-state index contributed by atoms with van der Waals surface area (Å²) in [6.45, 7) is 6.88. The zero-order valence-electron chi connectivity index (χ0n) is 63.8. The molecule has 114 heavy (non-hydrogen) atoms. The van der Waals surface area contributed by atoms with Gasteiger partial charge in [-0.3, -0.25) is 43.7 Å². The third kappa shape index (κ3) is 18.5. The maximum atomic E-state index is 16.2. The van der Waals surface area contributed by atoms with Gasteiger partial charge in [0, 0.05) is 55.0 Å². The largest absolute Gasteiger partial charge is 0.508 e. The molecule has 0 radical (unpaired) electrons. The Morgan fingerprint density at radius 1 is 0.588 bits per heavy atom. The number of aliphatic hydroxyl groups excluding tert-OH is 2. The number of carbonyl (C=O) groups excluding carboxylic acids is 9. The second-order valence-corrected chi connectivity index (χ2v) is 30.4. The van der Waals surface area contributed by atoms with Crippen molar-refractivity contribution in [1.29, 1.82) is 0 Å². The molecule has 34 heteroatoms. The first kappa shape index (κ1) is 82.3. The number of ether oxygens (including phenoxy) is 5. The van der Waals surface area contributed by atoms with E-state index in [1.54, 1.807) is 28.1 Å². The lowest BCUT2D eigenvalue weighted by Gasteiger charge is -2.54. The summed E-state index contributed by atoms with van der Waals surface area (Å²) in [4.78, 5) is 137. The average Bonchev–Trinajstić information content (AvgIpc) is 0.756. The minimum absolute atomic E-state index is 0.00869. The number of nitrogens with one attached hydrogen (secondary N) is 13. The summed E-state index contributed by atoms with van der Waals surface area (Å²) in [6, 6.07) is 3.25. The molecule has 15 bridgehead atoms. The molecule has 19 N–H and O–H groups in total. The van der Waals surface area contributed by atoms with Crippen LogP contribution >= 0.6 is 11.6 Å². The first-order chi connectivity index (χ1) is 54.6. The second-order valence-electron chi connectivity index (χ2n) is 30.0. The molecule has 15 rings (SSSR count). The van der Waals surface area contributed by atoms with Crippen molar-refractivity contribution in [1.82, 2.24) is 63.8 Å². The van der Waals surface area contributed by atoms with Crippen molar-refractivity contribution in [2.45, 2.75) is 126 Å². The van der Waals surface area contributed by atoms with Crippen molar-refractivity contribution in [3.8, 4) is 74.4 Å². The highest BCUT2D eigenvalue weighted by atomic mass is 35.5. The summed E-state index contributed by atoms with van der Waals surface area (Å²) in [5.74, 6) is -11.8. The number of carbonyl (C=O) groups is 9. The Kier molecular flexibility index (Phi) is 25.9. The topological polar surface area (TPSA) is 478 Å². The molecular weight excluding hydrogens is 1500 g/mol. The third-order valence-corrected chi connectivity index (χ3v) is 21.8. The molecule has 6 aromatic carbocycles. The van der Waals surface area contributed by atoms with E-state index in [0.29, 0.717) is 31.5 Å². The van der Waals surface area contributed by atoms with Gasteiger partial charge in [0.25, 0.3) is 0 Å². The van der Waals surface area contributed by atoms with Gasteiger partial charge in [0.2, 0.25) is 58.8 Å². The van der Waals surface area contributed by atoms with Crippen molar-refractivity contribution >= 4 is 70.6 Å². The molecule has 0 saturated heterocycles. The van der Waals surface area contributed by atoms with Crippen molar-refractivity contribution in [2.75, 3.05) is 73.0 Å². The van der Waals surface area contributed by atoms with Crippen molar-refractivity contribution in [3.05, 3.63) is 129 Å². The standard InChI is InChI=1S/C80H96ClN13O20/c1-36(2)20-51(85-7)73(102)93-67-69(99)41-9-12-55(37(3)21-41)113-57-29-45-30-58(71(57)101)114-56-13-10-42(28-50(56)81)70(100)68-79(108)92-66(77(106)89-63-43-23-38-22-39(25-43)26-44(63)24-38)49-33-47(95)34-54(97)62(49)48-27-40(8-11-53(48)96)64(75(104)94-68)91-76(105)65(45)90-74(103)52(87-78(67)107)35-61(98)88-80(109)86-46-31-59(110-17-14-82-4)72(112-19-16-84-6)60(32-46)111-18-15-83-5/h8-13,21,27-34,36,38-39,43-44,51-52,63-70,82-85,95-97,99-101H,14-20,22-26,35H2,1-7H3,(H,87,107)(H,89,106)(H,90,103)(H,91,105)(H,92,108)(H,93,102)(H,94,104)(H2,86,88,98,109)/t38?,39?,43?,44?,51-,52+,63?,64-,65-,66+,67-,68+,69-,70-/m1/s1. The number of imide groups is 1. The van der Waals surface area contributed by atoms with E-state index in [-0.39, 0.29) is 134 Å². The molecule has 4 saturated carbocycles. The van der Waals surface area contributed by atoms with E-state index in [1.165, 1.54) is 67.7 Å². The fourth-order valence-electron chi connectivity index (χ4n) is 16.1. The van der Waals surface area contributed by atoms with Crippen LogP contribution in [0.4, 0.5) is 10.5 Å². The van der Waals surface area contributed by atoms with Gasteiger partial charge >= 0.3 is 6.03 Å². The molecule has 5 aliphatic heterocycles. The molecule has 33 nitrogen and oxygen atoms in total. The smallest absolute Gasteiger partial charge is 0.325 e. The number of benzene rings is 6. The highest BCUT2D eigenvalue weighted by Gasteiger charge is 2.50. The van der Waals surface area contributed by atoms with Crippen LogP contribution in [-0.2, 0) is 38.4 Å². The van der Waals surface area contributed by atoms with Crippen LogP contribution in [0.15, 0.2) is 91.0 Å². The number of phenols is 4. The Bertz CT molecular complexity index is 4620. The summed E-state index contributed by atoms with van der Waals surface area (Å²) >= 11 is 7.03. The van der Waals surface area contributed by atoms with Crippen LogP contribution < -0.4 is 92.8 Å². The number of urea groups is 1. The van der Waals surface area contributed by atoms with Gasteiger partial charge in [-0.2, -0.15) is 0 Å². The Balaban J connectivity index is 0.980. The molecule has 6 aromatic rings. The maximum absolute atomic E-state index is 16.2. The van der Waals surface area contributed by atoms with Gasteiger partial charge in [0.15, 0.2) is 23.0 Å². The van der Waals surface area contributed by atoms with E-state index >= 15 is 28.8 Å². The predicted molar refractivity (Wildman–Crippen MR) is 414 cm³/mol. The van der Waals surface area contributed by atoms with E-state index in [9.17, 15) is 45.0 Å². The van der Waals surface area contributed by atoms with Crippen LogP contribution in [0, 0.1) is 36.5 Å². The van der Waals surface area contributed by atoms with Gasteiger partial charge in [-0.05, 0) is 191 Å². The van der Waals surface area contributed by atoms with Gasteiger partial charge in [0.1, 0.15) is 97.0 Å². The van der Waals surface area contributed by atoms with Gasteiger partial charge in [0.05, 0.1) is 23.2 Å². The Labute approximate surface area is 661 Å². The van der Waals surface area contributed by atoms with Crippen molar-refractivity contribution in [3.63, 3.8) is 0 Å². The third-order valence-electron chi connectivity index (χ3n) is 21.5. The Morgan fingerprint density at radius 2 is 1.18 bits per heavy atom. The number of anilines is 1. The quantitative estimate of drug-likeness (QED) is 0.0414. The number of hydrogen-bond acceptors (Lipinski definition) is 24. The highest BCUT2D eigenvalue weighted by molar-refractivity contribution is 6.32. The summed E-state index contributed by atoms with van der Waals surface area (Å²) in [6.07, 6.45) is -0.446. The molecule has 9 atom stereocenters. The molecule has 4 fully saturated rings. The van der Waals surface area contributed by atoms with Crippen LogP contribution in [0.1, 0.15) is 123 Å². The number of likely N-dealkylation sites (N-methyl/N-ethyl adjacent to an activating group) is 4. The number of amides is 10. The van der Waals surface area contributed by atoms with Gasteiger partial charge < -0.3 is 118 Å². The molecule has 9 aliphatic rings. The number of aryl methyl sites for hydroxylation is 1. The first-order valence-electron chi connectivity index (χ1n) is 37.9. The fraction of sp³-hybridized carbons (Fsp3) is 0.438. The number of fused-ring (bicyclic) bond motifs is 15. The lowest BCUT2D eigenvalue weighted by Crippen LogP contribution is -2.59. The normalized spacial score (nSPS) is 23.9. The van der Waals surface area contributed by atoms with Gasteiger partial charge in [-0.1, -0.05) is 43.6 Å². The van der Waals surface area contributed by atoms with E-state index in [0.717, 1.165) is 62.4 Å². The van der Waals surface area contributed by atoms with Crippen LogP contribution in [-0.4, -0.2) is 182 Å². The number of phenolic OH excluding ortho intramolecular Hbond substituents is 4. The molecule has 10 amide bonds. The van der Waals surface area contributed by atoms with Crippen molar-refractivity contribution in [2.24, 2.45) is 29.6 Å². The monoisotopic (exact) mass is 1590 g/mol. The fourth-order valence-corrected chi connectivity index (χ4v) is 16.3. The minimum Gasteiger partial charge on any atom is -0.508 e. The second kappa shape index (κ2) is 35.9. The molecule has 4 aliphatic carbocycles. The van der Waals surface area contributed by atoms with E-state index in [4.69, 9.17) is 35.3 Å². The highest BCUT2D eigenvalue weighted by Crippen LogP contribution is 2.55. The number of aromatic hydroxyl groups is 4. The summed E-state index contributed by atoms with van der Waals surface area (Å²) in [7, 11) is 6.68. The minimum atomic E-state index is -2.25. The van der Waals surface area contributed by atoms with E-state index < -0.39 is 149 Å². The molecule has 5 heterocycles. The lowest BCUT2D eigenvalue weighted by atomic mass is 9.54. The van der Waals surface area contributed by atoms with Crippen LogP contribution in [0.2, 0.25) is 5.02 Å². The van der Waals surface area contributed by atoms with E-state index in [2.05, 4.69) is 69.1 Å². The zero-order valence-corrected chi connectivity index (χ0v) is 64.5.